The Morgan fingerprint density at radius 1 is 1.25 bits per heavy atom. The van der Waals surface area contributed by atoms with Gasteiger partial charge in [0.25, 0.3) is 0 Å². The minimum absolute atomic E-state index is 0.683. The van der Waals surface area contributed by atoms with E-state index in [0.717, 1.165) is 26.1 Å². The normalized spacial score (nSPS) is 10.8. The molecule has 0 saturated carbocycles. The summed E-state index contributed by atoms with van der Waals surface area (Å²) >= 11 is 0. The number of benzene rings is 1. The van der Waals surface area contributed by atoms with Crippen LogP contribution in [0.15, 0.2) is 30.5 Å². The number of hydrogen-bond acceptors (Lipinski definition) is 1. The molecule has 0 radical (unpaired) electrons. The molecule has 0 amide bonds. The van der Waals surface area contributed by atoms with Crippen LogP contribution >= 0.6 is 0 Å². The third-order valence-corrected chi connectivity index (χ3v) is 3.39. The van der Waals surface area contributed by atoms with Crippen LogP contribution in [0.1, 0.15) is 32.8 Å². The fourth-order valence-corrected chi connectivity index (χ4v) is 2.45. The fraction of sp³-hybridized carbons (Fsp3) is 0.444. The van der Waals surface area contributed by atoms with E-state index in [-0.39, 0.29) is 0 Å². The number of aryl methyl sites for hydroxylation is 1. The van der Waals surface area contributed by atoms with Crippen LogP contribution in [0.5, 0.6) is 0 Å². The number of rotatable bonds is 6. The van der Waals surface area contributed by atoms with Crippen LogP contribution in [0.4, 0.5) is 0 Å². The maximum atomic E-state index is 3.53. The Morgan fingerprint density at radius 2 is 2.05 bits per heavy atom. The van der Waals surface area contributed by atoms with Crippen LogP contribution in [0, 0.1) is 17.8 Å². The lowest BCUT2D eigenvalue weighted by atomic mass is 10.1. The highest BCUT2D eigenvalue weighted by Crippen LogP contribution is 2.21. The number of hydrogen-bond donors (Lipinski definition) is 1. The highest BCUT2D eigenvalue weighted by Gasteiger charge is 2.07. The van der Waals surface area contributed by atoms with Crippen molar-refractivity contribution in [2.45, 2.75) is 40.3 Å². The topological polar surface area (TPSA) is 17.0 Å². The fourth-order valence-electron chi connectivity index (χ4n) is 2.45. The van der Waals surface area contributed by atoms with E-state index < -0.39 is 0 Å². The molecule has 2 heteroatoms. The van der Waals surface area contributed by atoms with Gasteiger partial charge < -0.3 is 9.88 Å². The lowest BCUT2D eigenvalue weighted by Gasteiger charge is -2.06. The second-order valence-corrected chi connectivity index (χ2v) is 5.57. The van der Waals surface area contributed by atoms with E-state index in [0.29, 0.717) is 5.92 Å². The molecule has 1 N–H and O–H groups in total. The zero-order valence-electron chi connectivity index (χ0n) is 12.7. The van der Waals surface area contributed by atoms with Crippen molar-refractivity contribution in [2.75, 3.05) is 6.54 Å². The van der Waals surface area contributed by atoms with Crippen LogP contribution in [-0.4, -0.2) is 11.1 Å². The molecule has 2 nitrogen and oxygen atoms in total. The molecule has 2 rings (SSSR count). The van der Waals surface area contributed by atoms with Crippen LogP contribution in [-0.2, 0) is 13.1 Å². The Bertz CT molecular complexity index is 611. The SMILES string of the molecule is CC#CCCn1cc(CNCC(C)C)c2ccccc21. The van der Waals surface area contributed by atoms with Gasteiger partial charge in [0.2, 0.25) is 0 Å². The third-order valence-electron chi connectivity index (χ3n) is 3.39. The van der Waals surface area contributed by atoms with Gasteiger partial charge in [-0.05, 0) is 31.0 Å². The summed E-state index contributed by atoms with van der Waals surface area (Å²) in [5.41, 5.74) is 2.69. The summed E-state index contributed by atoms with van der Waals surface area (Å²) < 4.78 is 2.33. The third kappa shape index (κ3) is 3.65. The second kappa shape index (κ2) is 7.17. The van der Waals surface area contributed by atoms with Gasteiger partial charge in [0.05, 0.1) is 0 Å². The number of fused-ring (bicyclic) bond motifs is 1. The van der Waals surface area contributed by atoms with Crippen molar-refractivity contribution < 1.29 is 0 Å². The summed E-state index contributed by atoms with van der Waals surface area (Å²) in [6, 6.07) is 8.63. The molecule has 0 fully saturated rings. The first-order chi connectivity index (χ1) is 9.72. The van der Waals surface area contributed by atoms with E-state index >= 15 is 0 Å². The van der Waals surface area contributed by atoms with Gasteiger partial charge in [0, 0.05) is 36.6 Å². The van der Waals surface area contributed by atoms with E-state index in [1.54, 1.807) is 0 Å². The van der Waals surface area contributed by atoms with Crippen molar-refractivity contribution in [2.24, 2.45) is 5.92 Å². The van der Waals surface area contributed by atoms with E-state index in [1.165, 1.54) is 16.5 Å². The molecule has 0 bridgehead atoms. The van der Waals surface area contributed by atoms with Crippen molar-refractivity contribution in [1.29, 1.82) is 0 Å². The summed E-state index contributed by atoms with van der Waals surface area (Å²) in [5.74, 6) is 6.79. The quantitative estimate of drug-likeness (QED) is 0.789. The highest BCUT2D eigenvalue weighted by atomic mass is 15.0. The molecular weight excluding hydrogens is 244 g/mol. The molecule has 0 atom stereocenters. The standard InChI is InChI=1S/C18H24N2/c1-4-5-8-11-20-14-16(13-19-12-15(2)3)17-9-6-7-10-18(17)20/h6-7,9-10,14-15,19H,8,11-13H2,1-3H3. The Balaban J connectivity index is 2.18. The molecule has 0 unspecified atom stereocenters. The molecule has 1 aromatic heterocycles. The van der Waals surface area contributed by atoms with Crippen molar-refractivity contribution in [3.63, 3.8) is 0 Å². The number of nitrogens with one attached hydrogen (secondary N) is 1. The first kappa shape index (κ1) is 14.7. The number of nitrogens with zero attached hydrogens (tertiary/aromatic N) is 1. The molecular formula is C18H24N2. The lowest BCUT2D eigenvalue weighted by molar-refractivity contribution is 0.552. The maximum Gasteiger partial charge on any atom is 0.0483 e. The van der Waals surface area contributed by atoms with Gasteiger partial charge >= 0.3 is 0 Å². The molecule has 20 heavy (non-hydrogen) atoms. The van der Waals surface area contributed by atoms with Crippen LogP contribution in [0.2, 0.25) is 0 Å². The second-order valence-electron chi connectivity index (χ2n) is 5.57. The Hall–Kier alpha value is -1.72. The van der Waals surface area contributed by atoms with E-state index in [2.05, 4.69) is 66.0 Å². The largest absolute Gasteiger partial charge is 0.346 e. The minimum atomic E-state index is 0.683. The predicted octanol–water partition coefficient (Wildman–Crippen LogP) is 3.80. The summed E-state index contributed by atoms with van der Waals surface area (Å²) in [4.78, 5) is 0. The Kier molecular flexibility index (Phi) is 5.26. The molecule has 0 spiro atoms. The smallest absolute Gasteiger partial charge is 0.0483 e. The zero-order chi connectivity index (χ0) is 14.4. The van der Waals surface area contributed by atoms with Gasteiger partial charge in [-0.1, -0.05) is 32.0 Å². The Labute approximate surface area is 122 Å². The molecule has 0 aliphatic carbocycles. The van der Waals surface area contributed by atoms with Gasteiger partial charge in [-0.2, -0.15) is 0 Å². The Morgan fingerprint density at radius 3 is 2.80 bits per heavy atom. The zero-order valence-corrected chi connectivity index (χ0v) is 12.7. The molecule has 1 aromatic carbocycles. The van der Waals surface area contributed by atoms with Gasteiger partial charge in [0.15, 0.2) is 0 Å². The molecule has 0 aliphatic heterocycles. The van der Waals surface area contributed by atoms with Crippen LogP contribution < -0.4 is 5.32 Å². The molecule has 2 aromatic rings. The van der Waals surface area contributed by atoms with Crippen molar-refractivity contribution >= 4 is 10.9 Å². The van der Waals surface area contributed by atoms with Crippen LogP contribution in [0.25, 0.3) is 10.9 Å². The van der Waals surface area contributed by atoms with Crippen molar-refractivity contribution in [1.82, 2.24) is 9.88 Å². The molecule has 106 valence electrons. The predicted molar refractivity (Wildman–Crippen MR) is 86.5 cm³/mol. The first-order valence-electron chi connectivity index (χ1n) is 7.39. The summed E-state index contributed by atoms with van der Waals surface area (Å²) in [6.07, 6.45) is 3.18. The molecule has 0 saturated heterocycles. The number of aromatic nitrogens is 1. The maximum absolute atomic E-state index is 3.53. The van der Waals surface area contributed by atoms with Crippen LogP contribution in [0.3, 0.4) is 0 Å². The molecule has 1 heterocycles. The van der Waals surface area contributed by atoms with Gasteiger partial charge in [0.1, 0.15) is 0 Å². The van der Waals surface area contributed by atoms with Crippen molar-refractivity contribution in [3.05, 3.63) is 36.0 Å². The highest BCUT2D eigenvalue weighted by molar-refractivity contribution is 5.83. The van der Waals surface area contributed by atoms with Gasteiger partial charge in [-0.15, -0.1) is 11.8 Å². The van der Waals surface area contributed by atoms with E-state index in [1.807, 2.05) is 6.92 Å². The minimum Gasteiger partial charge on any atom is -0.346 e. The van der Waals surface area contributed by atoms with Crippen molar-refractivity contribution in [3.8, 4) is 11.8 Å². The van der Waals surface area contributed by atoms with E-state index in [9.17, 15) is 0 Å². The summed E-state index contributed by atoms with van der Waals surface area (Å²) in [7, 11) is 0. The average molecular weight is 268 g/mol. The van der Waals surface area contributed by atoms with Gasteiger partial charge in [-0.25, -0.2) is 0 Å². The average Bonchev–Trinajstić information content (AvgIpc) is 2.78. The lowest BCUT2D eigenvalue weighted by Crippen LogP contribution is -2.18. The number of para-hydroxylation sites is 1. The van der Waals surface area contributed by atoms with E-state index in [4.69, 9.17) is 0 Å². The monoisotopic (exact) mass is 268 g/mol. The summed E-state index contributed by atoms with van der Waals surface area (Å²) in [5, 5.41) is 4.89. The van der Waals surface area contributed by atoms with Gasteiger partial charge in [-0.3, -0.25) is 0 Å². The summed E-state index contributed by atoms with van der Waals surface area (Å²) in [6.45, 7) is 9.33. The first-order valence-corrected chi connectivity index (χ1v) is 7.39. The molecule has 0 aliphatic rings.